The van der Waals surface area contributed by atoms with Gasteiger partial charge in [-0.25, -0.2) is 4.98 Å². The minimum absolute atomic E-state index is 0.448. The summed E-state index contributed by atoms with van der Waals surface area (Å²) in [6.45, 7) is 2.12. The number of anilines is 2. The molecule has 0 aliphatic carbocycles. The fourth-order valence-electron chi connectivity index (χ4n) is 2.18. The molecule has 1 aromatic heterocycles. The van der Waals surface area contributed by atoms with Gasteiger partial charge in [0, 0.05) is 11.3 Å². The van der Waals surface area contributed by atoms with Gasteiger partial charge in [0.1, 0.15) is 0 Å². The maximum atomic E-state index is 11.2. The Kier molecular flexibility index (Phi) is 3.31. The molecule has 4 N–H and O–H groups in total. The Hall–Kier alpha value is -2.82. The lowest BCUT2D eigenvalue weighted by molar-refractivity contribution is 0.100. The van der Waals surface area contributed by atoms with Crippen molar-refractivity contribution in [2.24, 2.45) is 5.73 Å². The number of aryl methyl sites for hydroxylation is 1. The SMILES string of the molecule is CCc1ccc(Nc2nc3ccc(C(N)=O)cc3[nH]2)cc1. The van der Waals surface area contributed by atoms with Gasteiger partial charge in [0.2, 0.25) is 11.9 Å². The number of amides is 1. The van der Waals surface area contributed by atoms with Crippen molar-refractivity contribution in [2.75, 3.05) is 5.32 Å². The van der Waals surface area contributed by atoms with Gasteiger partial charge in [-0.3, -0.25) is 4.79 Å². The highest BCUT2D eigenvalue weighted by Crippen LogP contribution is 2.19. The quantitative estimate of drug-likeness (QED) is 0.687. The summed E-state index contributed by atoms with van der Waals surface area (Å²) in [7, 11) is 0. The molecule has 0 unspecified atom stereocenters. The number of carbonyl (C=O) groups excluding carboxylic acids is 1. The Morgan fingerprint density at radius 3 is 2.67 bits per heavy atom. The molecular formula is C16H16N4O. The first-order valence-corrected chi connectivity index (χ1v) is 6.81. The normalized spacial score (nSPS) is 10.7. The summed E-state index contributed by atoms with van der Waals surface area (Å²) in [6.07, 6.45) is 1.01. The third kappa shape index (κ3) is 2.72. The first-order valence-electron chi connectivity index (χ1n) is 6.81. The van der Waals surface area contributed by atoms with E-state index in [1.165, 1.54) is 5.56 Å². The van der Waals surface area contributed by atoms with Gasteiger partial charge in [0.25, 0.3) is 0 Å². The molecule has 21 heavy (non-hydrogen) atoms. The van der Waals surface area contributed by atoms with Crippen molar-refractivity contribution in [1.82, 2.24) is 9.97 Å². The molecule has 0 fully saturated rings. The third-order valence-corrected chi connectivity index (χ3v) is 3.39. The van der Waals surface area contributed by atoms with Crippen LogP contribution in [0, 0.1) is 0 Å². The van der Waals surface area contributed by atoms with Gasteiger partial charge >= 0.3 is 0 Å². The van der Waals surface area contributed by atoms with E-state index < -0.39 is 5.91 Å². The van der Waals surface area contributed by atoms with E-state index in [-0.39, 0.29) is 0 Å². The second-order valence-corrected chi connectivity index (χ2v) is 4.86. The third-order valence-electron chi connectivity index (χ3n) is 3.39. The number of aromatic amines is 1. The molecule has 5 heteroatoms. The lowest BCUT2D eigenvalue weighted by Crippen LogP contribution is -2.10. The van der Waals surface area contributed by atoms with Crippen molar-refractivity contribution < 1.29 is 4.79 Å². The number of nitrogens with two attached hydrogens (primary N) is 1. The molecule has 0 spiro atoms. The van der Waals surface area contributed by atoms with E-state index in [2.05, 4.69) is 34.3 Å². The second-order valence-electron chi connectivity index (χ2n) is 4.86. The highest BCUT2D eigenvalue weighted by Gasteiger charge is 2.06. The van der Waals surface area contributed by atoms with Crippen LogP contribution in [-0.4, -0.2) is 15.9 Å². The van der Waals surface area contributed by atoms with Gasteiger partial charge in [-0.2, -0.15) is 0 Å². The van der Waals surface area contributed by atoms with Crippen LogP contribution in [0.25, 0.3) is 11.0 Å². The number of nitrogens with one attached hydrogen (secondary N) is 2. The van der Waals surface area contributed by atoms with Crippen molar-refractivity contribution >= 4 is 28.6 Å². The molecule has 0 saturated carbocycles. The number of rotatable bonds is 4. The van der Waals surface area contributed by atoms with E-state index in [0.29, 0.717) is 11.5 Å². The van der Waals surface area contributed by atoms with Crippen LogP contribution < -0.4 is 11.1 Å². The smallest absolute Gasteiger partial charge is 0.248 e. The van der Waals surface area contributed by atoms with Gasteiger partial charge in [-0.1, -0.05) is 19.1 Å². The molecule has 0 aliphatic rings. The van der Waals surface area contributed by atoms with Crippen molar-refractivity contribution in [3.63, 3.8) is 0 Å². The van der Waals surface area contributed by atoms with Crippen LogP contribution in [0.5, 0.6) is 0 Å². The molecule has 0 radical (unpaired) electrons. The predicted molar refractivity (Wildman–Crippen MR) is 83.7 cm³/mol. The average Bonchev–Trinajstić information content (AvgIpc) is 2.89. The molecular weight excluding hydrogens is 264 g/mol. The lowest BCUT2D eigenvalue weighted by Gasteiger charge is -2.03. The van der Waals surface area contributed by atoms with E-state index in [0.717, 1.165) is 23.1 Å². The summed E-state index contributed by atoms with van der Waals surface area (Å²) in [4.78, 5) is 18.7. The summed E-state index contributed by atoms with van der Waals surface area (Å²) < 4.78 is 0. The molecule has 0 bridgehead atoms. The zero-order chi connectivity index (χ0) is 14.8. The lowest BCUT2D eigenvalue weighted by atomic mass is 10.1. The van der Waals surface area contributed by atoms with Crippen molar-refractivity contribution in [1.29, 1.82) is 0 Å². The van der Waals surface area contributed by atoms with Crippen LogP contribution in [0.1, 0.15) is 22.8 Å². The Morgan fingerprint density at radius 1 is 1.24 bits per heavy atom. The topological polar surface area (TPSA) is 83.8 Å². The molecule has 1 heterocycles. The van der Waals surface area contributed by atoms with Crippen LogP contribution in [-0.2, 0) is 6.42 Å². The van der Waals surface area contributed by atoms with Gasteiger partial charge in [0.15, 0.2) is 0 Å². The first-order chi connectivity index (χ1) is 10.2. The van der Waals surface area contributed by atoms with E-state index in [1.54, 1.807) is 18.2 Å². The molecule has 0 atom stereocenters. The monoisotopic (exact) mass is 280 g/mol. The summed E-state index contributed by atoms with van der Waals surface area (Å²) in [6, 6.07) is 13.3. The number of aromatic nitrogens is 2. The Balaban J connectivity index is 1.88. The average molecular weight is 280 g/mol. The summed E-state index contributed by atoms with van der Waals surface area (Å²) in [5.74, 6) is 0.187. The zero-order valence-electron chi connectivity index (χ0n) is 11.7. The molecule has 1 amide bonds. The number of carbonyl (C=O) groups is 1. The number of benzene rings is 2. The maximum absolute atomic E-state index is 11.2. The number of hydrogen-bond donors (Lipinski definition) is 3. The fourth-order valence-corrected chi connectivity index (χ4v) is 2.18. The molecule has 3 rings (SSSR count). The van der Waals surface area contributed by atoms with E-state index in [9.17, 15) is 4.79 Å². The van der Waals surface area contributed by atoms with Crippen molar-refractivity contribution in [2.45, 2.75) is 13.3 Å². The first kappa shape index (κ1) is 13.2. The fraction of sp³-hybridized carbons (Fsp3) is 0.125. The highest BCUT2D eigenvalue weighted by molar-refractivity contribution is 5.96. The number of H-pyrrole nitrogens is 1. The van der Waals surface area contributed by atoms with E-state index in [4.69, 9.17) is 5.73 Å². The van der Waals surface area contributed by atoms with Gasteiger partial charge in [0.05, 0.1) is 11.0 Å². The summed E-state index contributed by atoms with van der Waals surface area (Å²) in [5.41, 5.74) is 9.55. The minimum atomic E-state index is -0.448. The molecule has 5 nitrogen and oxygen atoms in total. The maximum Gasteiger partial charge on any atom is 0.248 e. The van der Waals surface area contributed by atoms with Crippen LogP contribution in [0.3, 0.4) is 0 Å². The van der Waals surface area contributed by atoms with Crippen LogP contribution in [0.2, 0.25) is 0 Å². The van der Waals surface area contributed by atoms with Gasteiger partial charge in [-0.05, 0) is 42.3 Å². The number of primary amides is 1. The van der Waals surface area contributed by atoms with Crippen LogP contribution in [0.15, 0.2) is 42.5 Å². The predicted octanol–water partition coefficient (Wildman–Crippen LogP) is 2.97. The number of nitrogens with zero attached hydrogens (tertiary/aromatic N) is 1. The molecule has 3 aromatic rings. The van der Waals surface area contributed by atoms with Gasteiger partial charge < -0.3 is 16.0 Å². The summed E-state index contributed by atoms with van der Waals surface area (Å²) in [5, 5.41) is 3.21. The van der Waals surface area contributed by atoms with Crippen molar-refractivity contribution in [3.8, 4) is 0 Å². The molecule has 2 aromatic carbocycles. The van der Waals surface area contributed by atoms with Crippen LogP contribution >= 0.6 is 0 Å². The standard InChI is InChI=1S/C16H16N4O/c1-2-10-3-6-12(7-4-10)18-16-19-13-8-5-11(15(17)21)9-14(13)20-16/h3-9H,2H2,1H3,(H2,17,21)(H2,18,19,20). The number of imidazole rings is 1. The minimum Gasteiger partial charge on any atom is -0.366 e. The Labute approximate surface area is 122 Å². The van der Waals surface area contributed by atoms with Gasteiger partial charge in [-0.15, -0.1) is 0 Å². The summed E-state index contributed by atoms with van der Waals surface area (Å²) >= 11 is 0. The second kappa shape index (κ2) is 5.28. The van der Waals surface area contributed by atoms with Crippen molar-refractivity contribution in [3.05, 3.63) is 53.6 Å². The zero-order valence-corrected chi connectivity index (χ0v) is 11.7. The molecule has 106 valence electrons. The molecule has 0 aliphatic heterocycles. The number of fused-ring (bicyclic) bond motifs is 1. The number of hydrogen-bond acceptors (Lipinski definition) is 3. The Bertz CT molecular complexity index is 790. The van der Waals surface area contributed by atoms with E-state index >= 15 is 0 Å². The largest absolute Gasteiger partial charge is 0.366 e. The Morgan fingerprint density at radius 2 is 2.00 bits per heavy atom. The molecule has 0 saturated heterocycles. The van der Waals surface area contributed by atoms with Crippen LogP contribution in [0.4, 0.5) is 11.6 Å². The van der Waals surface area contributed by atoms with E-state index in [1.807, 2.05) is 12.1 Å². The highest BCUT2D eigenvalue weighted by atomic mass is 16.1.